The molecular weight excluding hydrogens is 327 g/mol. The number of carbonyl (C=O) groups excluding carboxylic acids is 1. The molecule has 1 aromatic heterocycles. The quantitative estimate of drug-likeness (QED) is 0.796. The molecule has 0 aliphatic carbocycles. The van der Waals surface area contributed by atoms with Crippen molar-refractivity contribution in [3.05, 3.63) is 46.2 Å². The van der Waals surface area contributed by atoms with Crippen LogP contribution in [0, 0.1) is 0 Å². The molecule has 0 aliphatic rings. The summed E-state index contributed by atoms with van der Waals surface area (Å²) in [5.74, 6) is 0.855. The monoisotopic (exact) mass is 340 g/mol. The van der Waals surface area contributed by atoms with Gasteiger partial charge in [0.25, 0.3) is 5.91 Å². The van der Waals surface area contributed by atoms with Crippen LogP contribution in [0.3, 0.4) is 0 Å². The number of rotatable bonds is 4. The molecule has 22 heavy (non-hydrogen) atoms. The zero-order valence-electron chi connectivity index (χ0n) is 12.3. The number of benzene rings is 1. The molecule has 116 valence electrons. The van der Waals surface area contributed by atoms with Gasteiger partial charge >= 0.3 is 0 Å². The minimum absolute atomic E-state index is 0.159. The van der Waals surface area contributed by atoms with Crippen LogP contribution in [0.2, 0.25) is 10.2 Å². The van der Waals surface area contributed by atoms with E-state index in [1.807, 2.05) is 0 Å². The van der Waals surface area contributed by atoms with Crippen molar-refractivity contribution in [2.45, 2.75) is 0 Å². The highest BCUT2D eigenvalue weighted by molar-refractivity contribution is 6.41. The molecule has 7 heteroatoms. The van der Waals surface area contributed by atoms with Crippen LogP contribution < -0.4 is 14.4 Å². The first kappa shape index (κ1) is 16.4. The van der Waals surface area contributed by atoms with Gasteiger partial charge in [-0.15, -0.1) is 0 Å². The molecule has 5 nitrogen and oxygen atoms in total. The molecule has 0 radical (unpaired) electrons. The van der Waals surface area contributed by atoms with Crippen LogP contribution in [-0.4, -0.2) is 32.2 Å². The van der Waals surface area contributed by atoms with Gasteiger partial charge in [-0.1, -0.05) is 23.2 Å². The Morgan fingerprint density at radius 3 is 2.41 bits per heavy atom. The second kappa shape index (κ2) is 6.85. The summed E-state index contributed by atoms with van der Waals surface area (Å²) in [4.78, 5) is 17.8. The number of hydrogen-bond donors (Lipinski definition) is 0. The third kappa shape index (κ3) is 3.26. The third-order valence-corrected chi connectivity index (χ3v) is 3.79. The zero-order chi connectivity index (χ0) is 16.3. The average molecular weight is 341 g/mol. The van der Waals surface area contributed by atoms with Crippen LogP contribution in [0.15, 0.2) is 30.5 Å². The number of carbonyl (C=O) groups is 1. The van der Waals surface area contributed by atoms with Gasteiger partial charge in [-0.25, -0.2) is 4.98 Å². The van der Waals surface area contributed by atoms with Gasteiger partial charge in [-0.3, -0.25) is 4.79 Å². The molecule has 0 bridgehead atoms. The standard InChI is InChI=1S/C15H14Cl2N2O3/c1-19(10-4-5-12(21-2)13(7-10)22-3)15(20)9-6-11(16)14(17)18-8-9/h4-8H,1-3H3. The van der Waals surface area contributed by atoms with E-state index < -0.39 is 0 Å². The third-order valence-electron chi connectivity index (χ3n) is 3.10. The van der Waals surface area contributed by atoms with E-state index in [-0.39, 0.29) is 16.1 Å². The lowest BCUT2D eigenvalue weighted by molar-refractivity contribution is 0.0992. The number of hydrogen-bond acceptors (Lipinski definition) is 4. The highest BCUT2D eigenvalue weighted by Gasteiger charge is 2.17. The Kier molecular flexibility index (Phi) is 5.11. The summed E-state index contributed by atoms with van der Waals surface area (Å²) in [5.41, 5.74) is 0.986. The first-order valence-corrected chi connectivity index (χ1v) is 7.04. The Hall–Kier alpha value is -1.98. The second-order valence-electron chi connectivity index (χ2n) is 4.40. The molecule has 2 rings (SSSR count). The zero-order valence-corrected chi connectivity index (χ0v) is 13.8. The summed E-state index contributed by atoms with van der Waals surface area (Å²) in [6.45, 7) is 0. The van der Waals surface area contributed by atoms with E-state index >= 15 is 0 Å². The Bertz CT molecular complexity index is 707. The highest BCUT2D eigenvalue weighted by atomic mass is 35.5. The summed E-state index contributed by atoms with van der Waals surface area (Å²) in [6.07, 6.45) is 1.38. The average Bonchev–Trinajstić information content (AvgIpc) is 2.55. The predicted octanol–water partition coefficient (Wildman–Crippen LogP) is 3.68. The summed E-state index contributed by atoms with van der Waals surface area (Å²) >= 11 is 11.7. The molecule has 0 spiro atoms. The van der Waals surface area contributed by atoms with E-state index in [2.05, 4.69) is 4.98 Å². The Balaban J connectivity index is 2.32. The van der Waals surface area contributed by atoms with Crippen LogP contribution >= 0.6 is 23.2 Å². The lowest BCUT2D eigenvalue weighted by Crippen LogP contribution is -2.26. The van der Waals surface area contributed by atoms with Crippen molar-refractivity contribution in [1.29, 1.82) is 0 Å². The van der Waals surface area contributed by atoms with E-state index in [0.717, 1.165) is 0 Å². The van der Waals surface area contributed by atoms with E-state index in [1.54, 1.807) is 32.4 Å². The van der Waals surface area contributed by atoms with Crippen molar-refractivity contribution in [3.63, 3.8) is 0 Å². The fraction of sp³-hybridized carbons (Fsp3) is 0.200. The van der Waals surface area contributed by atoms with Crippen LogP contribution in [0.4, 0.5) is 5.69 Å². The van der Waals surface area contributed by atoms with Crippen molar-refractivity contribution in [1.82, 2.24) is 4.98 Å². The van der Waals surface area contributed by atoms with Gasteiger partial charge in [0, 0.05) is 25.0 Å². The first-order valence-electron chi connectivity index (χ1n) is 6.29. The van der Waals surface area contributed by atoms with Crippen LogP contribution in [-0.2, 0) is 0 Å². The molecule has 0 atom stereocenters. The molecule has 2 aromatic rings. The van der Waals surface area contributed by atoms with Crippen molar-refractivity contribution in [2.24, 2.45) is 0 Å². The Morgan fingerprint density at radius 2 is 1.82 bits per heavy atom. The minimum atomic E-state index is -0.265. The molecule has 1 aromatic carbocycles. The summed E-state index contributed by atoms with van der Waals surface area (Å²) in [6, 6.07) is 6.67. The number of nitrogens with zero attached hydrogens (tertiary/aromatic N) is 2. The number of methoxy groups -OCH3 is 2. The van der Waals surface area contributed by atoms with Gasteiger partial charge in [0.1, 0.15) is 5.15 Å². The number of amides is 1. The molecule has 0 fully saturated rings. The minimum Gasteiger partial charge on any atom is -0.493 e. The number of pyridine rings is 1. The van der Waals surface area contributed by atoms with Gasteiger partial charge in [-0.2, -0.15) is 0 Å². The smallest absolute Gasteiger partial charge is 0.259 e. The van der Waals surface area contributed by atoms with Crippen molar-refractivity contribution in [2.75, 3.05) is 26.2 Å². The number of halogens is 2. The maximum absolute atomic E-state index is 12.5. The fourth-order valence-electron chi connectivity index (χ4n) is 1.88. The van der Waals surface area contributed by atoms with Gasteiger partial charge in [0.15, 0.2) is 11.5 Å². The molecule has 0 saturated carbocycles. The van der Waals surface area contributed by atoms with E-state index in [9.17, 15) is 4.79 Å². The first-order chi connectivity index (χ1) is 10.5. The van der Waals surface area contributed by atoms with Crippen LogP contribution in [0.5, 0.6) is 11.5 Å². The molecule has 0 N–H and O–H groups in total. The lowest BCUT2D eigenvalue weighted by atomic mass is 10.2. The topological polar surface area (TPSA) is 51.7 Å². The maximum atomic E-state index is 12.5. The number of ether oxygens (including phenoxy) is 2. The maximum Gasteiger partial charge on any atom is 0.259 e. The van der Waals surface area contributed by atoms with E-state index in [1.165, 1.54) is 24.3 Å². The van der Waals surface area contributed by atoms with E-state index in [4.69, 9.17) is 32.7 Å². The van der Waals surface area contributed by atoms with Crippen LogP contribution in [0.1, 0.15) is 10.4 Å². The predicted molar refractivity (Wildman–Crippen MR) is 86.5 cm³/mol. The fourth-order valence-corrected chi connectivity index (χ4v) is 2.15. The van der Waals surface area contributed by atoms with E-state index in [0.29, 0.717) is 22.7 Å². The number of anilines is 1. The Labute approximate surface area is 138 Å². The molecule has 0 aliphatic heterocycles. The normalized spacial score (nSPS) is 10.2. The van der Waals surface area contributed by atoms with Crippen molar-refractivity contribution >= 4 is 34.8 Å². The SMILES string of the molecule is COc1ccc(N(C)C(=O)c2cnc(Cl)c(Cl)c2)cc1OC. The van der Waals surface area contributed by atoms with Crippen LogP contribution in [0.25, 0.3) is 0 Å². The van der Waals surface area contributed by atoms with Crippen molar-refractivity contribution in [3.8, 4) is 11.5 Å². The van der Waals surface area contributed by atoms with Crippen molar-refractivity contribution < 1.29 is 14.3 Å². The number of aromatic nitrogens is 1. The van der Waals surface area contributed by atoms with Gasteiger partial charge in [0.05, 0.1) is 24.8 Å². The van der Waals surface area contributed by atoms with Gasteiger partial charge in [0.2, 0.25) is 0 Å². The highest BCUT2D eigenvalue weighted by Crippen LogP contribution is 2.31. The summed E-state index contributed by atoms with van der Waals surface area (Å²) in [5, 5.41) is 0.389. The van der Waals surface area contributed by atoms with Gasteiger partial charge in [-0.05, 0) is 18.2 Å². The lowest BCUT2D eigenvalue weighted by Gasteiger charge is -2.19. The molecule has 0 unspecified atom stereocenters. The largest absolute Gasteiger partial charge is 0.493 e. The molecule has 0 saturated heterocycles. The molecule has 1 amide bonds. The molecule has 1 heterocycles. The summed E-state index contributed by atoms with van der Waals surface area (Å²) < 4.78 is 10.4. The summed E-state index contributed by atoms with van der Waals surface area (Å²) in [7, 11) is 4.73. The Morgan fingerprint density at radius 1 is 1.14 bits per heavy atom. The second-order valence-corrected chi connectivity index (χ2v) is 5.17. The van der Waals surface area contributed by atoms with Gasteiger partial charge < -0.3 is 14.4 Å². The molecular formula is C15H14Cl2N2O3.